The Balaban J connectivity index is 0.00000196. The molecule has 0 saturated heterocycles. The van der Waals surface area contributed by atoms with Crippen molar-refractivity contribution in [3.05, 3.63) is 29.8 Å². The number of nitrogens with one attached hydrogen (secondary N) is 1. The molecule has 0 aliphatic heterocycles. The number of halogens is 1. The fourth-order valence-electron chi connectivity index (χ4n) is 1.26. The fraction of sp³-hybridized carbons (Fsp3) is 0.500. The monoisotopic (exact) mass is 229 g/mol. The number of rotatable bonds is 5. The lowest BCUT2D eigenvalue weighted by Crippen LogP contribution is -2.22. The number of benzene rings is 1. The van der Waals surface area contributed by atoms with Crippen LogP contribution in [0.2, 0.25) is 0 Å². The van der Waals surface area contributed by atoms with Crippen molar-refractivity contribution in [3.8, 4) is 5.75 Å². The molecule has 0 amide bonds. The van der Waals surface area contributed by atoms with E-state index < -0.39 is 0 Å². The van der Waals surface area contributed by atoms with Crippen LogP contribution in [0.25, 0.3) is 0 Å². The van der Waals surface area contributed by atoms with Gasteiger partial charge in [0.2, 0.25) is 0 Å². The summed E-state index contributed by atoms with van der Waals surface area (Å²) in [5, 5.41) is 3.38. The third-order valence-corrected chi connectivity index (χ3v) is 1.97. The van der Waals surface area contributed by atoms with Crippen LogP contribution in [0.5, 0.6) is 5.75 Å². The Morgan fingerprint density at radius 2 is 1.93 bits per heavy atom. The summed E-state index contributed by atoms with van der Waals surface area (Å²) in [6, 6.07) is 8.66. The molecule has 1 aromatic rings. The summed E-state index contributed by atoms with van der Waals surface area (Å²) in [6.07, 6.45) is 0. The second kappa shape index (κ2) is 7.55. The molecular formula is C12H20ClNO. The van der Waals surface area contributed by atoms with Crippen molar-refractivity contribution in [2.45, 2.75) is 33.4 Å². The van der Waals surface area contributed by atoms with Gasteiger partial charge in [-0.1, -0.05) is 32.0 Å². The maximum absolute atomic E-state index is 5.53. The van der Waals surface area contributed by atoms with Gasteiger partial charge in [0.15, 0.2) is 0 Å². The summed E-state index contributed by atoms with van der Waals surface area (Å²) >= 11 is 0. The van der Waals surface area contributed by atoms with Crippen LogP contribution in [0.15, 0.2) is 24.3 Å². The number of hydrogen-bond donors (Lipinski definition) is 1. The Morgan fingerprint density at radius 1 is 1.27 bits per heavy atom. The summed E-state index contributed by atoms with van der Waals surface area (Å²) in [5.74, 6) is 0.989. The van der Waals surface area contributed by atoms with E-state index in [4.69, 9.17) is 4.74 Å². The van der Waals surface area contributed by atoms with E-state index in [9.17, 15) is 0 Å². The highest BCUT2D eigenvalue weighted by molar-refractivity contribution is 5.85. The van der Waals surface area contributed by atoms with Gasteiger partial charge in [-0.05, 0) is 13.0 Å². The quantitative estimate of drug-likeness (QED) is 0.838. The molecule has 0 saturated carbocycles. The van der Waals surface area contributed by atoms with Gasteiger partial charge >= 0.3 is 0 Å². The number of hydrogen-bond acceptors (Lipinski definition) is 2. The molecule has 1 aromatic carbocycles. The van der Waals surface area contributed by atoms with Crippen LogP contribution in [0.3, 0.4) is 0 Å². The third-order valence-electron chi connectivity index (χ3n) is 1.97. The first-order chi connectivity index (χ1) is 6.74. The Labute approximate surface area is 98.4 Å². The molecule has 0 bridgehead atoms. The van der Waals surface area contributed by atoms with Crippen LogP contribution < -0.4 is 10.1 Å². The van der Waals surface area contributed by atoms with Crippen molar-refractivity contribution in [3.63, 3.8) is 0 Å². The smallest absolute Gasteiger partial charge is 0.123 e. The van der Waals surface area contributed by atoms with Crippen molar-refractivity contribution < 1.29 is 4.74 Å². The normalized spacial score (nSPS) is 9.87. The lowest BCUT2D eigenvalue weighted by Gasteiger charge is -2.12. The SMILES string of the molecule is CCOc1ccccc1CNC(C)C.Cl. The van der Waals surface area contributed by atoms with Gasteiger partial charge in [0.05, 0.1) is 6.61 Å². The molecule has 86 valence electrons. The third kappa shape index (κ3) is 5.05. The zero-order valence-electron chi connectivity index (χ0n) is 9.62. The fourth-order valence-corrected chi connectivity index (χ4v) is 1.26. The Kier molecular flexibility index (Phi) is 7.18. The van der Waals surface area contributed by atoms with Crippen molar-refractivity contribution in [2.75, 3.05) is 6.61 Å². The minimum atomic E-state index is 0. The molecule has 0 heterocycles. The van der Waals surface area contributed by atoms with Crippen LogP contribution in [-0.4, -0.2) is 12.6 Å². The number of para-hydroxylation sites is 1. The predicted molar refractivity (Wildman–Crippen MR) is 66.8 cm³/mol. The maximum Gasteiger partial charge on any atom is 0.123 e. The minimum Gasteiger partial charge on any atom is -0.494 e. The van der Waals surface area contributed by atoms with E-state index in [2.05, 4.69) is 25.2 Å². The summed E-state index contributed by atoms with van der Waals surface area (Å²) < 4.78 is 5.53. The summed E-state index contributed by atoms with van der Waals surface area (Å²) in [4.78, 5) is 0. The Hall–Kier alpha value is -0.730. The second-order valence-electron chi connectivity index (χ2n) is 3.58. The first kappa shape index (κ1) is 14.3. The summed E-state index contributed by atoms with van der Waals surface area (Å²) in [6.45, 7) is 7.88. The Bertz CT molecular complexity index is 276. The molecule has 15 heavy (non-hydrogen) atoms. The highest BCUT2D eigenvalue weighted by Gasteiger charge is 2.01. The van der Waals surface area contributed by atoms with Crippen molar-refractivity contribution in [2.24, 2.45) is 0 Å². The molecule has 0 atom stereocenters. The van der Waals surface area contributed by atoms with Gasteiger partial charge < -0.3 is 10.1 Å². The molecule has 0 fully saturated rings. The average molecular weight is 230 g/mol. The van der Waals surface area contributed by atoms with Crippen LogP contribution >= 0.6 is 12.4 Å². The molecule has 0 radical (unpaired) electrons. The van der Waals surface area contributed by atoms with Gasteiger partial charge in [-0.3, -0.25) is 0 Å². The summed E-state index contributed by atoms with van der Waals surface area (Å²) in [7, 11) is 0. The molecule has 3 heteroatoms. The highest BCUT2D eigenvalue weighted by Crippen LogP contribution is 2.17. The second-order valence-corrected chi connectivity index (χ2v) is 3.58. The maximum atomic E-state index is 5.53. The van der Waals surface area contributed by atoms with E-state index in [-0.39, 0.29) is 12.4 Å². The molecule has 1 rings (SSSR count). The van der Waals surface area contributed by atoms with E-state index in [1.807, 2.05) is 25.1 Å². The predicted octanol–water partition coefficient (Wildman–Crippen LogP) is 3.01. The largest absolute Gasteiger partial charge is 0.494 e. The minimum absolute atomic E-state index is 0. The Morgan fingerprint density at radius 3 is 2.53 bits per heavy atom. The van der Waals surface area contributed by atoms with E-state index in [0.29, 0.717) is 6.04 Å². The number of ether oxygens (including phenoxy) is 1. The van der Waals surface area contributed by atoms with Gasteiger partial charge in [0.1, 0.15) is 5.75 Å². The van der Waals surface area contributed by atoms with Gasteiger partial charge in [-0.25, -0.2) is 0 Å². The first-order valence-electron chi connectivity index (χ1n) is 5.18. The molecule has 0 aliphatic rings. The van der Waals surface area contributed by atoms with Gasteiger partial charge in [0, 0.05) is 18.2 Å². The topological polar surface area (TPSA) is 21.3 Å². The highest BCUT2D eigenvalue weighted by atomic mass is 35.5. The lowest BCUT2D eigenvalue weighted by atomic mass is 10.2. The molecular weight excluding hydrogens is 210 g/mol. The van der Waals surface area contributed by atoms with Crippen LogP contribution in [0.1, 0.15) is 26.3 Å². The molecule has 1 N–H and O–H groups in total. The molecule has 0 spiro atoms. The first-order valence-corrected chi connectivity index (χ1v) is 5.18. The van der Waals surface area contributed by atoms with Gasteiger partial charge in [-0.15, -0.1) is 12.4 Å². The van der Waals surface area contributed by atoms with Gasteiger partial charge in [-0.2, -0.15) is 0 Å². The van der Waals surface area contributed by atoms with Crippen LogP contribution in [0, 0.1) is 0 Å². The van der Waals surface area contributed by atoms with Crippen LogP contribution in [0.4, 0.5) is 0 Å². The standard InChI is InChI=1S/C12H19NO.ClH/c1-4-14-12-8-6-5-7-11(12)9-13-10(2)3;/h5-8,10,13H,4,9H2,1-3H3;1H. The molecule has 0 aliphatic carbocycles. The zero-order valence-corrected chi connectivity index (χ0v) is 10.4. The summed E-state index contributed by atoms with van der Waals surface area (Å²) in [5.41, 5.74) is 1.23. The van der Waals surface area contributed by atoms with Crippen molar-refractivity contribution in [1.82, 2.24) is 5.32 Å². The van der Waals surface area contributed by atoms with Crippen LogP contribution in [-0.2, 0) is 6.54 Å². The molecule has 2 nitrogen and oxygen atoms in total. The van der Waals surface area contributed by atoms with E-state index in [1.54, 1.807) is 0 Å². The average Bonchev–Trinajstić information content (AvgIpc) is 2.17. The van der Waals surface area contributed by atoms with E-state index in [0.717, 1.165) is 18.9 Å². The zero-order chi connectivity index (χ0) is 10.4. The lowest BCUT2D eigenvalue weighted by molar-refractivity contribution is 0.335. The molecule has 0 unspecified atom stereocenters. The van der Waals surface area contributed by atoms with Gasteiger partial charge in [0.25, 0.3) is 0 Å². The molecule has 0 aromatic heterocycles. The van der Waals surface area contributed by atoms with E-state index in [1.165, 1.54) is 5.56 Å². The van der Waals surface area contributed by atoms with Crippen molar-refractivity contribution >= 4 is 12.4 Å². The van der Waals surface area contributed by atoms with E-state index >= 15 is 0 Å². The van der Waals surface area contributed by atoms with Crippen molar-refractivity contribution in [1.29, 1.82) is 0 Å².